The number of rotatable bonds is 15. The number of benzene rings is 3. The molecule has 0 aromatic heterocycles. The van der Waals surface area contributed by atoms with E-state index in [1.54, 1.807) is 0 Å². The average Bonchev–Trinajstić information content (AvgIpc) is 3.28. The molecule has 7 nitrogen and oxygen atoms in total. The zero-order valence-corrected chi connectivity index (χ0v) is 28.8. The van der Waals surface area contributed by atoms with Gasteiger partial charge in [-0.25, -0.2) is 0 Å². The summed E-state index contributed by atoms with van der Waals surface area (Å²) in [5.74, 6) is 1.40. The van der Waals surface area contributed by atoms with Gasteiger partial charge in [-0.3, -0.25) is 9.69 Å². The van der Waals surface area contributed by atoms with Crippen LogP contribution < -0.4 is 15.0 Å². The molecular weight excluding hydrogens is 586 g/mol. The van der Waals surface area contributed by atoms with Crippen molar-refractivity contribution in [1.29, 1.82) is 0 Å². The molecule has 7 heteroatoms. The molecule has 0 saturated carbocycles. The summed E-state index contributed by atoms with van der Waals surface area (Å²) in [6.45, 7) is 12.9. The van der Waals surface area contributed by atoms with Gasteiger partial charge in [0.25, 0.3) is 5.91 Å². The van der Waals surface area contributed by atoms with Gasteiger partial charge in [0.1, 0.15) is 12.4 Å². The first kappa shape index (κ1) is 34.7. The number of amides is 1. The molecule has 2 heterocycles. The van der Waals surface area contributed by atoms with Crippen molar-refractivity contribution in [2.75, 3.05) is 63.4 Å². The van der Waals surface area contributed by atoms with E-state index in [-0.39, 0.29) is 5.91 Å². The van der Waals surface area contributed by atoms with Crippen LogP contribution in [0.3, 0.4) is 0 Å². The fourth-order valence-electron chi connectivity index (χ4n) is 6.26. The predicted molar refractivity (Wildman–Crippen MR) is 193 cm³/mol. The highest BCUT2D eigenvalue weighted by Gasteiger charge is 2.21. The Kier molecular flexibility index (Phi) is 12.9. The largest absolute Gasteiger partial charge is 0.491 e. The Bertz CT molecular complexity index is 1450. The topological polar surface area (TPSA) is 63.3 Å². The number of hydrogen-bond acceptors (Lipinski definition) is 6. The molecule has 0 spiro atoms. The van der Waals surface area contributed by atoms with Crippen LogP contribution in [-0.2, 0) is 20.8 Å². The summed E-state index contributed by atoms with van der Waals surface area (Å²) in [6, 6.07) is 23.7. The molecule has 1 fully saturated rings. The van der Waals surface area contributed by atoms with Gasteiger partial charge in [-0.2, -0.15) is 0 Å². The zero-order valence-electron chi connectivity index (χ0n) is 28.8. The molecule has 1 saturated heterocycles. The molecule has 3 aromatic carbocycles. The van der Waals surface area contributed by atoms with Crippen LogP contribution in [0.1, 0.15) is 64.0 Å². The van der Waals surface area contributed by atoms with Crippen molar-refractivity contribution in [1.82, 2.24) is 4.90 Å². The lowest BCUT2D eigenvalue weighted by Gasteiger charge is -2.31. The number of carbonyl (C=O) groups is 1. The van der Waals surface area contributed by atoms with E-state index >= 15 is 0 Å². The van der Waals surface area contributed by atoms with Gasteiger partial charge in [0.05, 0.1) is 6.61 Å². The number of nitrogens with one attached hydrogen (secondary N) is 1. The van der Waals surface area contributed by atoms with E-state index in [4.69, 9.17) is 14.2 Å². The van der Waals surface area contributed by atoms with Crippen LogP contribution in [0, 0.1) is 5.92 Å². The third-order valence-electron chi connectivity index (χ3n) is 9.11. The number of nitrogens with zero attached hydrogens (tertiary/aromatic N) is 2. The minimum atomic E-state index is -0.0384. The van der Waals surface area contributed by atoms with E-state index in [2.05, 4.69) is 91.5 Å². The van der Waals surface area contributed by atoms with Gasteiger partial charge in [0, 0.05) is 62.4 Å². The lowest BCUT2D eigenvalue weighted by Crippen LogP contribution is -2.36. The summed E-state index contributed by atoms with van der Waals surface area (Å²) in [4.78, 5) is 18.5. The Balaban J connectivity index is 1.28. The molecule has 3 aromatic rings. The highest BCUT2D eigenvalue weighted by atomic mass is 16.5. The summed E-state index contributed by atoms with van der Waals surface area (Å²) in [7, 11) is 2.19. The van der Waals surface area contributed by atoms with Gasteiger partial charge in [-0.1, -0.05) is 51.1 Å². The SMILES string of the molecule is CCCOCCOc1ccc(-c2ccc3c(c2)C=C(C(=O)Nc2ccc(CN(C)C4CCOCC4)cc2)CCN3CCC(C)C)cc1. The number of fused-ring (bicyclic) bond motifs is 1. The summed E-state index contributed by atoms with van der Waals surface area (Å²) in [5.41, 5.74) is 7.35. The zero-order chi connectivity index (χ0) is 33.0. The third-order valence-corrected chi connectivity index (χ3v) is 9.11. The molecule has 0 aliphatic carbocycles. The minimum Gasteiger partial charge on any atom is -0.491 e. The lowest BCUT2D eigenvalue weighted by molar-refractivity contribution is -0.112. The molecule has 0 bridgehead atoms. The number of hydrogen-bond donors (Lipinski definition) is 1. The molecular formula is C40H53N3O4. The molecule has 0 atom stereocenters. The maximum absolute atomic E-state index is 13.7. The van der Waals surface area contributed by atoms with Gasteiger partial charge < -0.3 is 24.4 Å². The molecule has 252 valence electrons. The molecule has 2 aliphatic heterocycles. The summed E-state index contributed by atoms with van der Waals surface area (Å²) in [5, 5.41) is 3.18. The second kappa shape index (κ2) is 17.5. The second-order valence-electron chi connectivity index (χ2n) is 13.3. The number of ether oxygens (including phenoxy) is 3. The number of carbonyl (C=O) groups excluding carboxylic acids is 1. The first-order valence-corrected chi connectivity index (χ1v) is 17.5. The minimum absolute atomic E-state index is 0.0384. The Hall–Kier alpha value is -3.65. The maximum atomic E-state index is 13.7. The highest BCUT2D eigenvalue weighted by Crippen LogP contribution is 2.34. The van der Waals surface area contributed by atoms with Crippen molar-refractivity contribution >= 4 is 23.4 Å². The van der Waals surface area contributed by atoms with Crippen molar-refractivity contribution in [3.05, 3.63) is 83.4 Å². The van der Waals surface area contributed by atoms with Gasteiger partial charge in [0.15, 0.2) is 0 Å². The fourth-order valence-corrected chi connectivity index (χ4v) is 6.26. The van der Waals surface area contributed by atoms with Crippen molar-refractivity contribution < 1.29 is 19.0 Å². The van der Waals surface area contributed by atoms with Crippen LogP contribution in [0.15, 0.2) is 72.3 Å². The van der Waals surface area contributed by atoms with Crippen LogP contribution in [0.25, 0.3) is 17.2 Å². The Morgan fingerprint density at radius 3 is 2.45 bits per heavy atom. The van der Waals surface area contributed by atoms with E-state index in [9.17, 15) is 4.79 Å². The van der Waals surface area contributed by atoms with Crippen molar-refractivity contribution in [3.63, 3.8) is 0 Å². The Labute approximate surface area is 281 Å². The predicted octanol–water partition coefficient (Wildman–Crippen LogP) is 8.05. The standard InChI is InChI=1S/C40H53N3O4/c1-5-22-45-25-26-47-38-13-8-32(9-14-38)33-10-15-39-35(27-33)28-34(17-21-43(39)20-16-30(2)3)40(44)41-36-11-6-31(7-12-36)29-42(4)37-18-23-46-24-19-37/h6-15,27-28,30,37H,5,16-26,29H2,1-4H3,(H,41,44). The highest BCUT2D eigenvalue weighted by molar-refractivity contribution is 6.07. The van der Waals surface area contributed by atoms with Crippen LogP contribution in [0.5, 0.6) is 5.75 Å². The molecule has 2 aliphatic rings. The number of anilines is 2. The van der Waals surface area contributed by atoms with E-state index in [1.165, 1.54) is 11.3 Å². The summed E-state index contributed by atoms with van der Waals surface area (Å²) in [6.07, 6.45) is 7.05. The molecule has 1 amide bonds. The normalized spacial score (nSPS) is 15.4. The van der Waals surface area contributed by atoms with E-state index in [1.807, 2.05) is 24.3 Å². The Morgan fingerprint density at radius 1 is 0.979 bits per heavy atom. The quantitative estimate of drug-likeness (QED) is 0.170. The van der Waals surface area contributed by atoms with Crippen LogP contribution >= 0.6 is 0 Å². The van der Waals surface area contributed by atoms with Crippen LogP contribution in [0.4, 0.5) is 11.4 Å². The van der Waals surface area contributed by atoms with Crippen LogP contribution in [0.2, 0.25) is 0 Å². The van der Waals surface area contributed by atoms with Crippen molar-refractivity contribution in [3.8, 4) is 16.9 Å². The Morgan fingerprint density at radius 2 is 1.72 bits per heavy atom. The molecule has 0 unspecified atom stereocenters. The smallest absolute Gasteiger partial charge is 0.251 e. The monoisotopic (exact) mass is 639 g/mol. The summed E-state index contributed by atoms with van der Waals surface area (Å²) >= 11 is 0. The third kappa shape index (κ3) is 10.2. The fraction of sp³-hybridized carbons (Fsp3) is 0.475. The second-order valence-corrected chi connectivity index (χ2v) is 13.3. The van der Waals surface area contributed by atoms with Crippen LogP contribution in [-0.4, -0.2) is 70.0 Å². The maximum Gasteiger partial charge on any atom is 0.251 e. The molecule has 1 N–H and O–H groups in total. The van der Waals surface area contributed by atoms with E-state index < -0.39 is 0 Å². The van der Waals surface area contributed by atoms with Gasteiger partial charge in [-0.15, -0.1) is 0 Å². The molecule has 47 heavy (non-hydrogen) atoms. The van der Waals surface area contributed by atoms with Crippen molar-refractivity contribution in [2.24, 2.45) is 5.92 Å². The summed E-state index contributed by atoms with van der Waals surface area (Å²) < 4.78 is 16.9. The first-order chi connectivity index (χ1) is 22.9. The molecule has 0 radical (unpaired) electrons. The van der Waals surface area contributed by atoms with Crippen molar-refractivity contribution in [2.45, 2.75) is 65.5 Å². The average molecular weight is 640 g/mol. The van der Waals surface area contributed by atoms with Gasteiger partial charge in [-0.05, 0) is 110 Å². The molecule has 5 rings (SSSR count). The van der Waals surface area contributed by atoms with E-state index in [0.29, 0.717) is 31.6 Å². The van der Waals surface area contributed by atoms with Gasteiger partial charge >= 0.3 is 0 Å². The van der Waals surface area contributed by atoms with Gasteiger partial charge in [0.2, 0.25) is 0 Å². The lowest BCUT2D eigenvalue weighted by atomic mass is 10.00. The first-order valence-electron chi connectivity index (χ1n) is 17.5. The van der Waals surface area contributed by atoms with E-state index in [0.717, 1.165) is 98.8 Å².